The van der Waals surface area contributed by atoms with Gasteiger partial charge in [-0.2, -0.15) is 0 Å². The summed E-state index contributed by atoms with van der Waals surface area (Å²) >= 11 is 0. The van der Waals surface area contributed by atoms with E-state index in [0.29, 0.717) is 11.8 Å². The highest BCUT2D eigenvalue weighted by molar-refractivity contribution is 5.85. The van der Waals surface area contributed by atoms with Gasteiger partial charge in [0.2, 0.25) is 0 Å². The molecule has 1 aromatic carbocycles. The fourth-order valence-electron chi connectivity index (χ4n) is 4.29. The van der Waals surface area contributed by atoms with Crippen LogP contribution in [-0.2, 0) is 0 Å². The number of aliphatic hydroxyl groups excluding tert-OH is 1. The number of rotatable bonds is 3. The lowest BCUT2D eigenvalue weighted by molar-refractivity contribution is -0.0444. The summed E-state index contributed by atoms with van der Waals surface area (Å²) in [7, 11) is 0. The van der Waals surface area contributed by atoms with Crippen molar-refractivity contribution in [2.45, 2.75) is 25.0 Å². The molecule has 3 fully saturated rings. The summed E-state index contributed by atoms with van der Waals surface area (Å²) in [6.45, 7) is 6.11. The second-order valence-electron chi connectivity index (χ2n) is 6.61. The SMILES string of the molecule is C=C[C@H]1CN2CC[C@H]1C[C@@H]2[C@@H](O)c1ccnc2ccccc12.Cl.O.O. The topological polar surface area (TPSA) is 99.4 Å². The lowest BCUT2D eigenvalue weighted by Crippen LogP contribution is -2.54. The first kappa shape index (κ1) is 21.5. The quantitative estimate of drug-likeness (QED) is 0.840. The van der Waals surface area contributed by atoms with E-state index in [1.807, 2.05) is 30.5 Å². The van der Waals surface area contributed by atoms with Crippen LogP contribution >= 0.6 is 12.4 Å². The Morgan fingerprint density at radius 1 is 1.24 bits per heavy atom. The predicted molar refractivity (Wildman–Crippen MR) is 103 cm³/mol. The fraction of sp³-hybridized carbons (Fsp3) is 0.421. The molecule has 138 valence electrons. The van der Waals surface area contributed by atoms with Crippen molar-refractivity contribution in [2.24, 2.45) is 11.8 Å². The molecule has 5 nitrogen and oxygen atoms in total. The number of piperidine rings is 3. The molecule has 0 amide bonds. The number of halogens is 1. The monoisotopic (exact) mass is 366 g/mol. The van der Waals surface area contributed by atoms with Gasteiger partial charge in [0, 0.05) is 24.2 Å². The summed E-state index contributed by atoms with van der Waals surface area (Å²) in [5.74, 6) is 1.27. The van der Waals surface area contributed by atoms with E-state index >= 15 is 0 Å². The molecule has 0 radical (unpaired) electrons. The Kier molecular flexibility index (Phi) is 7.53. The van der Waals surface area contributed by atoms with Crippen LogP contribution in [0.2, 0.25) is 0 Å². The van der Waals surface area contributed by atoms with Crippen molar-refractivity contribution in [3.63, 3.8) is 0 Å². The molecule has 0 aliphatic carbocycles. The molecule has 5 rings (SSSR count). The molecule has 2 aromatic rings. The number of para-hydroxylation sites is 1. The maximum atomic E-state index is 11.0. The second-order valence-corrected chi connectivity index (χ2v) is 6.61. The van der Waals surface area contributed by atoms with Gasteiger partial charge in [0.1, 0.15) is 0 Å². The van der Waals surface area contributed by atoms with Gasteiger partial charge < -0.3 is 16.1 Å². The molecular formula is C19H27ClN2O3. The predicted octanol–water partition coefficient (Wildman–Crippen LogP) is 1.94. The van der Waals surface area contributed by atoms with Gasteiger partial charge in [-0.3, -0.25) is 9.88 Å². The largest absolute Gasteiger partial charge is 0.412 e. The Hall–Kier alpha value is -1.50. The highest BCUT2D eigenvalue weighted by Gasteiger charge is 2.42. The summed E-state index contributed by atoms with van der Waals surface area (Å²) in [6.07, 6.45) is 5.76. The average Bonchev–Trinajstić information content (AvgIpc) is 2.60. The van der Waals surface area contributed by atoms with Crippen molar-refractivity contribution in [1.29, 1.82) is 0 Å². The van der Waals surface area contributed by atoms with Crippen molar-refractivity contribution in [3.05, 3.63) is 54.7 Å². The molecule has 25 heavy (non-hydrogen) atoms. The van der Waals surface area contributed by atoms with E-state index < -0.39 is 6.10 Å². The molecule has 1 aromatic heterocycles. The van der Waals surface area contributed by atoms with Crippen molar-refractivity contribution in [3.8, 4) is 0 Å². The van der Waals surface area contributed by atoms with Crippen LogP contribution in [0.4, 0.5) is 0 Å². The number of benzene rings is 1. The molecule has 3 aliphatic heterocycles. The Bertz CT molecular complexity index is 707. The van der Waals surface area contributed by atoms with E-state index in [9.17, 15) is 5.11 Å². The van der Waals surface area contributed by atoms with Crippen molar-refractivity contribution in [2.75, 3.05) is 13.1 Å². The summed E-state index contributed by atoms with van der Waals surface area (Å²) in [5, 5.41) is 12.1. The Labute approximate surface area is 154 Å². The number of hydrogen-bond acceptors (Lipinski definition) is 3. The summed E-state index contributed by atoms with van der Waals surface area (Å²) < 4.78 is 0. The van der Waals surface area contributed by atoms with Crippen LogP contribution in [-0.4, -0.2) is 45.1 Å². The minimum Gasteiger partial charge on any atom is -0.412 e. The average molecular weight is 367 g/mol. The van der Waals surface area contributed by atoms with Crippen LogP contribution in [0.5, 0.6) is 0 Å². The molecule has 5 atom stereocenters. The van der Waals surface area contributed by atoms with Gasteiger partial charge in [0.25, 0.3) is 0 Å². The minimum atomic E-state index is -0.443. The molecule has 1 unspecified atom stereocenters. The Balaban J connectivity index is 0.00000104. The van der Waals surface area contributed by atoms with E-state index in [4.69, 9.17) is 0 Å². The van der Waals surface area contributed by atoms with Crippen molar-refractivity contribution < 1.29 is 16.1 Å². The first-order valence-corrected chi connectivity index (χ1v) is 8.16. The molecule has 4 heterocycles. The first-order chi connectivity index (χ1) is 10.8. The van der Waals surface area contributed by atoms with Gasteiger partial charge in [-0.1, -0.05) is 24.3 Å². The third kappa shape index (κ3) is 3.71. The Morgan fingerprint density at radius 3 is 2.68 bits per heavy atom. The Morgan fingerprint density at radius 2 is 2.00 bits per heavy atom. The van der Waals surface area contributed by atoms with Gasteiger partial charge in [-0.05, 0) is 48.9 Å². The first-order valence-electron chi connectivity index (χ1n) is 8.16. The third-order valence-electron chi connectivity index (χ3n) is 5.52. The molecule has 3 aliphatic rings. The molecular weight excluding hydrogens is 340 g/mol. The summed E-state index contributed by atoms with van der Waals surface area (Å²) in [4.78, 5) is 6.86. The zero-order valence-corrected chi connectivity index (χ0v) is 15.0. The number of aliphatic hydroxyl groups is 1. The zero-order valence-electron chi connectivity index (χ0n) is 14.1. The minimum absolute atomic E-state index is 0. The zero-order chi connectivity index (χ0) is 15.1. The maximum Gasteiger partial charge on any atom is 0.0952 e. The smallest absolute Gasteiger partial charge is 0.0952 e. The van der Waals surface area contributed by atoms with Crippen LogP contribution in [0.25, 0.3) is 10.9 Å². The normalized spacial score (nSPS) is 28.2. The lowest BCUT2D eigenvalue weighted by atomic mass is 9.73. The number of pyridine rings is 1. The van der Waals surface area contributed by atoms with E-state index in [-0.39, 0.29) is 29.4 Å². The third-order valence-corrected chi connectivity index (χ3v) is 5.52. The molecule has 2 bridgehead atoms. The second kappa shape index (κ2) is 8.74. The highest BCUT2D eigenvalue weighted by Crippen LogP contribution is 2.41. The van der Waals surface area contributed by atoms with Gasteiger partial charge in [-0.25, -0.2) is 0 Å². The number of fused-ring (bicyclic) bond motifs is 4. The van der Waals surface area contributed by atoms with Crippen molar-refractivity contribution in [1.82, 2.24) is 9.88 Å². The number of aromatic nitrogens is 1. The van der Waals surface area contributed by atoms with E-state index in [1.54, 1.807) is 0 Å². The van der Waals surface area contributed by atoms with Crippen LogP contribution in [0.15, 0.2) is 49.2 Å². The van der Waals surface area contributed by atoms with E-state index in [1.165, 1.54) is 6.42 Å². The molecule has 0 saturated carbocycles. The van der Waals surface area contributed by atoms with Crippen LogP contribution in [0, 0.1) is 11.8 Å². The van der Waals surface area contributed by atoms with Gasteiger partial charge in [-0.15, -0.1) is 19.0 Å². The molecule has 6 heteroatoms. The van der Waals surface area contributed by atoms with Crippen molar-refractivity contribution >= 4 is 23.3 Å². The van der Waals surface area contributed by atoms with E-state index in [2.05, 4.69) is 28.6 Å². The van der Waals surface area contributed by atoms with Crippen LogP contribution in [0.3, 0.4) is 0 Å². The van der Waals surface area contributed by atoms with Crippen LogP contribution < -0.4 is 0 Å². The van der Waals surface area contributed by atoms with Gasteiger partial charge in [0.15, 0.2) is 0 Å². The summed E-state index contributed by atoms with van der Waals surface area (Å²) in [6, 6.07) is 10.3. The lowest BCUT2D eigenvalue weighted by Gasteiger charge is -2.50. The van der Waals surface area contributed by atoms with Gasteiger partial charge in [0.05, 0.1) is 11.6 Å². The number of nitrogens with zero attached hydrogens (tertiary/aromatic N) is 2. The summed E-state index contributed by atoms with van der Waals surface area (Å²) in [5.41, 5.74) is 1.97. The molecule has 3 saturated heterocycles. The standard InChI is InChI=1S/C19H22N2O.ClH.2H2O/c1-2-13-12-21-10-8-14(13)11-18(21)19(22)16-7-9-20-17-6-4-3-5-15(16)17;;;/h2-7,9,13-14,18-19,22H,1,8,10-12H2;1H;2*1H2/t13-,14-,18+,19-;;;/m0.../s1. The van der Waals surface area contributed by atoms with Gasteiger partial charge >= 0.3 is 0 Å². The van der Waals surface area contributed by atoms with Crippen LogP contribution in [0.1, 0.15) is 24.5 Å². The fourth-order valence-corrected chi connectivity index (χ4v) is 4.29. The number of hydrogen-bond donors (Lipinski definition) is 1. The van der Waals surface area contributed by atoms with E-state index in [0.717, 1.165) is 36.0 Å². The molecule has 5 N–H and O–H groups in total. The molecule has 0 spiro atoms. The highest BCUT2D eigenvalue weighted by atomic mass is 35.5. The maximum absolute atomic E-state index is 11.0.